The Kier molecular flexibility index (Phi) is 5.60. The van der Waals surface area contributed by atoms with E-state index in [1.165, 1.54) is 0 Å². The van der Waals surface area contributed by atoms with Crippen LogP contribution in [0.5, 0.6) is 0 Å². The highest BCUT2D eigenvalue weighted by Crippen LogP contribution is 2.35. The van der Waals surface area contributed by atoms with Gasteiger partial charge < -0.3 is 20.0 Å². The molecule has 1 saturated heterocycles. The van der Waals surface area contributed by atoms with Crippen molar-refractivity contribution in [1.29, 1.82) is 0 Å². The highest BCUT2D eigenvalue weighted by Gasteiger charge is 2.34. The van der Waals surface area contributed by atoms with Gasteiger partial charge in [-0.05, 0) is 43.3 Å². The fraction of sp³-hybridized carbons (Fsp3) is 0.261. The molecule has 8 nitrogen and oxygen atoms in total. The van der Waals surface area contributed by atoms with Crippen LogP contribution in [0, 0.1) is 6.92 Å². The van der Waals surface area contributed by atoms with Crippen molar-refractivity contribution in [3.8, 4) is 0 Å². The van der Waals surface area contributed by atoms with E-state index in [4.69, 9.17) is 16.0 Å². The van der Waals surface area contributed by atoms with Gasteiger partial charge in [0, 0.05) is 49.1 Å². The third-order valence-electron chi connectivity index (χ3n) is 5.69. The van der Waals surface area contributed by atoms with Crippen LogP contribution in [0.4, 0.5) is 37.6 Å². The highest BCUT2D eigenvalue weighted by atomic mass is 35.5. The summed E-state index contributed by atoms with van der Waals surface area (Å²) in [6.07, 6.45) is 1.32. The summed E-state index contributed by atoms with van der Waals surface area (Å²) in [6.45, 7) is 2.39. The lowest BCUT2D eigenvalue weighted by Gasteiger charge is -2.34. The van der Waals surface area contributed by atoms with Crippen molar-refractivity contribution in [2.75, 3.05) is 28.6 Å². The van der Waals surface area contributed by atoms with Crippen LogP contribution in [0.15, 0.2) is 51.8 Å². The Morgan fingerprint density at radius 2 is 1.85 bits per heavy atom. The maximum atomic E-state index is 13.5. The van der Waals surface area contributed by atoms with Crippen LogP contribution in [0.3, 0.4) is 0 Å². The van der Waals surface area contributed by atoms with E-state index in [1.54, 1.807) is 30.5 Å². The molecule has 0 spiro atoms. The lowest BCUT2D eigenvalue weighted by molar-refractivity contribution is -0.0220. The minimum Gasteiger partial charge on any atom is -0.408 e. The first-order valence-corrected chi connectivity index (χ1v) is 11.1. The fourth-order valence-electron chi connectivity index (χ4n) is 3.84. The number of rotatable bonds is 5. The number of fused-ring (bicyclic) bond motifs is 1. The lowest BCUT2D eigenvalue weighted by atomic mass is 10.1. The molecule has 0 bridgehead atoms. The van der Waals surface area contributed by atoms with E-state index in [-0.39, 0.29) is 25.9 Å². The Morgan fingerprint density at radius 3 is 2.62 bits per heavy atom. The second kappa shape index (κ2) is 8.60. The largest absolute Gasteiger partial charge is 0.417 e. The zero-order valence-electron chi connectivity index (χ0n) is 18.2. The van der Waals surface area contributed by atoms with Gasteiger partial charge in [-0.15, -0.1) is 0 Å². The summed E-state index contributed by atoms with van der Waals surface area (Å²) in [4.78, 5) is 24.7. The number of nitrogens with one attached hydrogen (secondary N) is 3. The maximum Gasteiger partial charge on any atom is 0.417 e. The minimum atomic E-state index is -2.61. The number of oxazole rings is 1. The first kappa shape index (κ1) is 22.1. The molecule has 5 rings (SSSR count). The SMILES string of the molecule is Cc1cnc(Nc2ccc(N3CCC(F)(F)CC3)c(Cl)c2)nc1Nc1ccc2oc(=O)[nH]c2c1. The van der Waals surface area contributed by atoms with Crippen LogP contribution < -0.4 is 21.3 Å². The Labute approximate surface area is 198 Å². The average molecular weight is 487 g/mol. The molecule has 4 aromatic rings. The van der Waals surface area contributed by atoms with Gasteiger partial charge in [-0.2, -0.15) is 4.98 Å². The Hall–Kier alpha value is -3.66. The Morgan fingerprint density at radius 1 is 1.12 bits per heavy atom. The predicted octanol–water partition coefficient (Wildman–Crippen LogP) is 5.60. The van der Waals surface area contributed by atoms with E-state index >= 15 is 0 Å². The van der Waals surface area contributed by atoms with Crippen LogP contribution in [0.2, 0.25) is 5.02 Å². The highest BCUT2D eigenvalue weighted by molar-refractivity contribution is 6.33. The number of nitrogens with zero attached hydrogens (tertiary/aromatic N) is 3. The molecular formula is C23H21ClF2N6O2. The molecule has 34 heavy (non-hydrogen) atoms. The summed E-state index contributed by atoms with van der Waals surface area (Å²) in [5.41, 5.74) is 3.98. The van der Waals surface area contributed by atoms with Crippen molar-refractivity contribution in [2.24, 2.45) is 0 Å². The zero-order valence-corrected chi connectivity index (χ0v) is 18.9. The summed E-state index contributed by atoms with van der Waals surface area (Å²) in [5, 5.41) is 6.81. The van der Waals surface area contributed by atoms with Crippen molar-refractivity contribution < 1.29 is 13.2 Å². The molecule has 2 aromatic heterocycles. The van der Waals surface area contributed by atoms with E-state index < -0.39 is 11.7 Å². The zero-order chi connectivity index (χ0) is 23.9. The van der Waals surface area contributed by atoms with E-state index in [2.05, 4.69) is 25.6 Å². The summed E-state index contributed by atoms with van der Waals surface area (Å²) in [6, 6.07) is 10.6. The normalized spacial score (nSPS) is 15.5. The molecule has 3 N–H and O–H groups in total. The number of halogens is 3. The Balaban J connectivity index is 1.32. The molecule has 1 fully saturated rings. The third-order valence-corrected chi connectivity index (χ3v) is 6.00. The van der Waals surface area contributed by atoms with E-state index in [1.807, 2.05) is 24.0 Å². The molecule has 176 valence electrons. The van der Waals surface area contributed by atoms with Gasteiger partial charge in [0.1, 0.15) is 5.82 Å². The molecule has 11 heteroatoms. The van der Waals surface area contributed by atoms with Gasteiger partial charge in [0.25, 0.3) is 5.92 Å². The van der Waals surface area contributed by atoms with Gasteiger partial charge in [0.05, 0.1) is 16.2 Å². The van der Waals surface area contributed by atoms with Crippen LogP contribution in [-0.2, 0) is 0 Å². The third kappa shape index (κ3) is 4.67. The van der Waals surface area contributed by atoms with Crippen LogP contribution >= 0.6 is 11.6 Å². The van der Waals surface area contributed by atoms with E-state index in [0.717, 1.165) is 16.9 Å². The smallest absolute Gasteiger partial charge is 0.408 e. The molecule has 0 unspecified atom stereocenters. The number of piperidine rings is 1. The molecule has 0 atom stereocenters. The standard InChI is InChI=1S/C23H21ClF2N6O2/c1-13-12-27-21(31-20(13)28-15-3-5-19-17(11-15)30-22(33)34-19)29-14-2-4-18(16(24)10-14)32-8-6-23(25,26)7-9-32/h2-5,10-12H,6-9H2,1H3,(H,30,33)(H2,27,28,29,31). The van der Waals surface area contributed by atoms with Crippen LogP contribution in [0.1, 0.15) is 18.4 Å². The average Bonchev–Trinajstić information content (AvgIpc) is 3.16. The van der Waals surface area contributed by atoms with Crippen molar-refractivity contribution in [2.45, 2.75) is 25.7 Å². The van der Waals surface area contributed by atoms with Gasteiger partial charge >= 0.3 is 5.76 Å². The first-order valence-electron chi connectivity index (χ1n) is 10.7. The second-order valence-electron chi connectivity index (χ2n) is 8.21. The summed E-state index contributed by atoms with van der Waals surface area (Å²) in [5.74, 6) is -2.19. The van der Waals surface area contributed by atoms with E-state index in [9.17, 15) is 13.6 Å². The van der Waals surface area contributed by atoms with Crippen molar-refractivity contribution in [3.63, 3.8) is 0 Å². The number of alkyl halides is 2. The van der Waals surface area contributed by atoms with Gasteiger partial charge in [-0.1, -0.05) is 11.6 Å². The fourth-order valence-corrected chi connectivity index (χ4v) is 4.14. The molecule has 0 radical (unpaired) electrons. The van der Waals surface area contributed by atoms with Crippen molar-refractivity contribution >= 4 is 51.5 Å². The van der Waals surface area contributed by atoms with Crippen molar-refractivity contribution in [3.05, 3.63) is 63.7 Å². The molecule has 0 aliphatic carbocycles. The van der Waals surface area contributed by atoms with Gasteiger partial charge in [-0.25, -0.2) is 18.6 Å². The molecular weight excluding hydrogens is 466 g/mol. The summed E-state index contributed by atoms with van der Waals surface area (Å²) >= 11 is 6.46. The number of aromatic amines is 1. The summed E-state index contributed by atoms with van der Waals surface area (Å²) < 4.78 is 32.0. The minimum absolute atomic E-state index is 0.181. The van der Waals surface area contributed by atoms with Gasteiger partial charge in [0.2, 0.25) is 5.95 Å². The summed E-state index contributed by atoms with van der Waals surface area (Å²) in [7, 11) is 0. The molecule has 1 aliphatic heterocycles. The van der Waals surface area contributed by atoms with Gasteiger partial charge in [0.15, 0.2) is 5.58 Å². The van der Waals surface area contributed by atoms with E-state index in [0.29, 0.717) is 33.6 Å². The quantitative estimate of drug-likeness (QED) is 0.338. The molecule has 2 aromatic carbocycles. The molecule has 3 heterocycles. The first-order chi connectivity index (χ1) is 16.3. The monoisotopic (exact) mass is 486 g/mol. The lowest BCUT2D eigenvalue weighted by Crippen LogP contribution is -2.39. The number of benzene rings is 2. The Bertz CT molecular complexity index is 1410. The van der Waals surface area contributed by atoms with Gasteiger partial charge in [-0.3, -0.25) is 4.98 Å². The number of aryl methyl sites for hydroxylation is 1. The van der Waals surface area contributed by atoms with Crippen molar-refractivity contribution in [1.82, 2.24) is 15.0 Å². The van der Waals surface area contributed by atoms with Crippen LogP contribution in [-0.4, -0.2) is 34.0 Å². The number of hydrogen-bond donors (Lipinski definition) is 3. The molecule has 0 amide bonds. The number of aromatic nitrogens is 3. The maximum absolute atomic E-state index is 13.5. The number of anilines is 5. The predicted molar refractivity (Wildman–Crippen MR) is 128 cm³/mol. The second-order valence-corrected chi connectivity index (χ2v) is 8.62. The molecule has 0 saturated carbocycles. The molecule has 1 aliphatic rings. The number of hydrogen-bond acceptors (Lipinski definition) is 7. The number of H-pyrrole nitrogens is 1. The topological polar surface area (TPSA) is 99.1 Å². The van der Waals surface area contributed by atoms with Crippen LogP contribution in [0.25, 0.3) is 11.1 Å².